The van der Waals surface area contributed by atoms with E-state index < -0.39 is 0 Å². The highest BCUT2D eigenvalue weighted by Crippen LogP contribution is 2.32. The van der Waals surface area contributed by atoms with E-state index in [0.29, 0.717) is 38.0 Å². The van der Waals surface area contributed by atoms with Gasteiger partial charge in [0.15, 0.2) is 0 Å². The number of carbonyl (C=O) groups is 2. The Balaban J connectivity index is 1.44. The van der Waals surface area contributed by atoms with E-state index in [9.17, 15) is 9.59 Å². The van der Waals surface area contributed by atoms with Crippen LogP contribution in [0.25, 0.3) is 0 Å². The van der Waals surface area contributed by atoms with Crippen LogP contribution in [-0.2, 0) is 16.1 Å². The van der Waals surface area contributed by atoms with Crippen molar-refractivity contribution in [1.82, 2.24) is 9.47 Å². The van der Waals surface area contributed by atoms with Crippen LogP contribution in [0.15, 0.2) is 59.7 Å². The van der Waals surface area contributed by atoms with Crippen molar-refractivity contribution in [2.45, 2.75) is 32.2 Å². The van der Waals surface area contributed by atoms with E-state index in [-0.39, 0.29) is 23.7 Å². The van der Waals surface area contributed by atoms with Crippen LogP contribution in [0.1, 0.15) is 31.2 Å². The second-order valence-corrected chi connectivity index (χ2v) is 7.50. The fourth-order valence-electron chi connectivity index (χ4n) is 3.62. The minimum absolute atomic E-state index is 0.0680. The summed E-state index contributed by atoms with van der Waals surface area (Å²) in [5, 5.41) is 0. The third-order valence-corrected chi connectivity index (χ3v) is 5.42. The standard InChI is InChI=1S/C22H25N3O2/c26-21(18-11-14-24(15-12-18)22(27)19-9-10-19)23-20-8-4-5-13-25(20)16-17-6-2-1-3-7-17/h1-8,13,18-19H,9-12,14-16H2. The molecule has 2 fully saturated rings. The molecule has 5 nitrogen and oxygen atoms in total. The summed E-state index contributed by atoms with van der Waals surface area (Å²) in [5.74, 6) is 0.380. The van der Waals surface area contributed by atoms with Gasteiger partial charge in [-0.3, -0.25) is 9.59 Å². The number of likely N-dealkylation sites (tertiary alicyclic amines) is 1. The molecule has 1 saturated carbocycles. The molecular weight excluding hydrogens is 338 g/mol. The number of hydrogen-bond acceptors (Lipinski definition) is 2. The fraction of sp³-hybridized carbons (Fsp3) is 0.409. The van der Waals surface area contributed by atoms with Gasteiger partial charge in [-0.2, -0.15) is 4.99 Å². The second kappa shape index (κ2) is 7.91. The molecule has 2 aliphatic rings. The van der Waals surface area contributed by atoms with Gasteiger partial charge in [0.05, 0.1) is 0 Å². The first-order valence-electron chi connectivity index (χ1n) is 9.77. The summed E-state index contributed by atoms with van der Waals surface area (Å²) in [7, 11) is 0. The van der Waals surface area contributed by atoms with Crippen LogP contribution in [0.4, 0.5) is 0 Å². The van der Waals surface area contributed by atoms with Crippen LogP contribution in [0.2, 0.25) is 0 Å². The van der Waals surface area contributed by atoms with Gasteiger partial charge >= 0.3 is 0 Å². The maximum atomic E-state index is 12.7. The average molecular weight is 363 g/mol. The first-order chi connectivity index (χ1) is 13.2. The molecule has 0 spiro atoms. The predicted octanol–water partition coefficient (Wildman–Crippen LogP) is 2.61. The summed E-state index contributed by atoms with van der Waals surface area (Å²) in [4.78, 5) is 31.2. The minimum Gasteiger partial charge on any atom is -0.342 e. The van der Waals surface area contributed by atoms with E-state index in [1.54, 1.807) is 0 Å². The maximum Gasteiger partial charge on any atom is 0.250 e. The van der Waals surface area contributed by atoms with Gasteiger partial charge in [0.25, 0.3) is 5.91 Å². The highest BCUT2D eigenvalue weighted by Gasteiger charge is 2.35. The Morgan fingerprint density at radius 3 is 2.30 bits per heavy atom. The lowest BCUT2D eigenvalue weighted by molar-refractivity contribution is -0.136. The Morgan fingerprint density at radius 2 is 1.59 bits per heavy atom. The highest BCUT2D eigenvalue weighted by molar-refractivity contribution is 5.82. The van der Waals surface area contributed by atoms with E-state index in [0.717, 1.165) is 12.8 Å². The van der Waals surface area contributed by atoms with E-state index in [1.165, 1.54) is 5.56 Å². The van der Waals surface area contributed by atoms with Crippen molar-refractivity contribution in [2.75, 3.05) is 13.1 Å². The Bertz CT molecular complexity index is 876. The van der Waals surface area contributed by atoms with Crippen LogP contribution in [0.3, 0.4) is 0 Å². The van der Waals surface area contributed by atoms with Crippen LogP contribution >= 0.6 is 0 Å². The molecule has 1 aromatic carbocycles. The number of nitrogens with zero attached hydrogens (tertiary/aromatic N) is 3. The zero-order valence-corrected chi connectivity index (χ0v) is 15.5. The number of benzene rings is 1. The number of pyridine rings is 1. The Labute approximate surface area is 159 Å². The molecule has 2 heterocycles. The maximum absolute atomic E-state index is 12.7. The molecule has 2 amide bonds. The summed E-state index contributed by atoms with van der Waals surface area (Å²) in [6.07, 6.45) is 5.44. The van der Waals surface area contributed by atoms with Crippen molar-refractivity contribution in [3.63, 3.8) is 0 Å². The van der Waals surface area contributed by atoms with Gasteiger partial charge in [-0.1, -0.05) is 36.4 Å². The third-order valence-electron chi connectivity index (χ3n) is 5.42. The zero-order chi connectivity index (χ0) is 18.6. The SMILES string of the molecule is O=C(N=c1ccccn1Cc1ccccc1)C1CCN(C(=O)C2CC2)CC1. The van der Waals surface area contributed by atoms with E-state index in [4.69, 9.17) is 0 Å². The van der Waals surface area contributed by atoms with Crippen LogP contribution in [0, 0.1) is 11.8 Å². The van der Waals surface area contributed by atoms with Crippen molar-refractivity contribution in [3.05, 3.63) is 65.8 Å². The summed E-state index contributed by atoms with van der Waals surface area (Å²) in [5.41, 5.74) is 1.85. The largest absolute Gasteiger partial charge is 0.342 e. The van der Waals surface area contributed by atoms with Gasteiger partial charge in [-0.15, -0.1) is 0 Å². The van der Waals surface area contributed by atoms with Crippen molar-refractivity contribution in [1.29, 1.82) is 0 Å². The van der Waals surface area contributed by atoms with E-state index in [2.05, 4.69) is 17.1 Å². The van der Waals surface area contributed by atoms with Gasteiger partial charge in [0.1, 0.15) is 5.49 Å². The zero-order valence-electron chi connectivity index (χ0n) is 15.5. The fourth-order valence-corrected chi connectivity index (χ4v) is 3.62. The molecule has 0 atom stereocenters. The van der Waals surface area contributed by atoms with Crippen LogP contribution < -0.4 is 5.49 Å². The molecule has 2 aromatic rings. The molecule has 0 unspecified atom stereocenters. The molecule has 5 heteroatoms. The molecule has 27 heavy (non-hydrogen) atoms. The van der Waals surface area contributed by atoms with Gasteiger partial charge < -0.3 is 9.47 Å². The van der Waals surface area contributed by atoms with Crippen molar-refractivity contribution < 1.29 is 9.59 Å². The Kier molecular flexibility index (Phi) is 5.19. The lowest BCUT2D eigenvalue weighted by Crippen LogP contribution is -2.41. The average Bonchev–Trinajstić information content (AvgIpc) is 3.55. The molecule has 0 radical (unpaired) electrons. The molecule has 0 N–H and O–H groups in total. The van der Waals surface area contributed by atoms with E-state index in [1.807, 2.05) is 52.1 Å². The lowest BCUT2D eigenvalue weighted by Gasteiger charge is -2.30. The molecule has 4 rings (SSSR count). The molecule has 1 saturated heterocycles. The number of hydrogen-bond donors (Lipinski definition) is 0. The summed E-state index contributed by atoms with van der Waals surface area (Å²) in [6, 6.07) is 15.9. The molecular formula is C22H25N3O2. The molecule has 1 aromatic heterocycles. The third kappa shape index (κ3) is 4.35. The lowest BCUT2D eigenvalue weighted by atomic mass is 9.96. The highest BCUT2D eigenvalue weighted by atomic mass is 16.2. The summed E-state index contributed by atoms with van der Waals surface area (Å²) in [6.45, 7) is 2.04. The predicted molar refractivity (Wildman–Crippen MR) is 103 cm³/mol. The minimum atomic E-state index is -0.0846. The van der Waals surface area contributed by atoms with Crippen molar-refractivity contribution in [2.24, 2.45) is 16.8 Å². The molecule has 140 valence electrons. The van der Waals surface area contributed by atoms with Gasteiger partial charge in [-0.25, -0.2) is 0 Å². The number of carbonyl (C=O) groups excluding carboxylic acids is 2. The van der Waals surface area contributed by atoms with Crippen molar-refractivity contribution in [3.8, 4) is 0 Å². The normalized spacial score (nSPS) is 18.5. The van der Waals surface area contributed by atoms with Gasteiger partial charge in [-0.05, 0) is 43.4 Å². The van der Waals surface area contributed by atoms with Gasteiger partial charge in [0.2, 0.25) is 5.91 Å². The smallest absolute Gasteiger partial charge is 0.250 e. The van der Waals surface area contributed by atoms with Gasteiger partial charge in [0, 0.05) is 37.7 Å². The number of rotatable bonds is 4. The number of piperidine rings is 1. The second-order valence-electron chi connectivity index (χ2n) is 7.50. The first-order valence-corrected chi connectivity index (χ1v) is 9.77. The Hall–Kier alpha value is -2.69. The monoisotopic (exact) mass is 363 g/mol. The molecule has 1 aliphatic heterocycles. The van der Waals surface area contributed by atoms with E-state index >= 15 is 0 Å². The first kappa shape index (κ1) is 17.7. The topological polar surface area (TPSA) is 54.7 Å². The summed E-state index contributed by atoms with van der Waals surface area (Å²) < 4.78 is 2.00. The summed E-state index contributed by atoms with van der Waals surface area (Å²) >= 11 is 0. The quantitative estimate of drug-likeness (QED) is 0.838. The Morgan fingerprint density at radius 1 is 0.889 bits per heavy atom. The number of amides is 2. The van der Waals surface area contributed by atoms with Crippen LogP contribution in [0.5, 0.6) is 0 Å². The number of aromatic nitrogens is 1. The van der Waals surface area contributed by atoms with Crippen molar-refractivity contribution >= 4 is 11.8 Å². The van der Waals surface area contributed by atoms with Crippen LogP contribution in [-0.4, -0.2) is 34.4 Å². The molecule has 0 bridgehead atoms. The molecule has 1 aliphatic carbocycles.